The summed E-state index contributed by atoms with van der Waals surface area (Å²) in [6.45, 7) is 5.45. The number of carbonyl (C=O) groups is 3. The highest BCUT2D eigenvalue weighted by Gasteiger charge is 2.29. The van der Waals surface area contributed by atoms with Crippen molar-refractivity contribution in [3.05, 3.63) is 41.8 Å². The highest BCUT2D eigenvalue weighted by atomic mass is 16.3. The predicted molar refractivity (Wildman–Crippen MR) is 130 cm³/mol. The number of pyridine rings is 2. The predicted octanol–water partition coefficient (Wildman–Crippen LogP) is 4.90. The van der Waals surface area contributed by atoms with Gasteiger partial charge in [-0.1, -0.05) is 19.4 Å². The van der Waals surface area contributed by atoms with Crippen LogP contribution in [0.3, 0.4) is 0 Å². The summed E-state index contributed by atoms with van der Waals surface area (Å²) in [5.41, 5.74) is 1.77. The Bertz CT molecular complexity index is 1210. The minimum absolute atomic E-state index is 0.0690. The molecule has 1 fully saturated rings. The first-order valence-electron chi connectivity index (χ1n) is 11.6. The van der Waals surface area contributed by atoms with Crippen LogP contribution in [-0.2, 0) is 9.59 Å². The molecule has 3 aromatic rings. The lowest BCUT2D eigenvalue weighted by Crippen LogP contribution is -2.28. The van der Waals surface area contributed by atoms with Crippen LogP contribution in [0.2, 0.25) is 0 Å². The van der Waals surface area contributed by atoms with E-state index in [9.17, 15) is 14.4 Å². The largest absolute Gasteiger partial charge is 0.447 e. The molecule has 9 nitrogen and oxygen atoms in total. The molecule has 0 spiro atoms. The number of hydrogen-bond acceptors (Lipinski definition) is 6. The van der Waals surface area contributed by atoms with E-state index in [4.69, 9.17) is 4.42 Å². The van der Waals surface area contributed by atoms with Crippen LogP contribution in [0.5, 0.6) is 0 Å². The van der Waals surface area contributed by atoms with Crippen molar-refractivity contribution in [3.63, 3.8) is 0 Å². The molecule has 4 rings (SSSR count). The number of nitrogens with zero attached hydrogens (tertiary/aromatic N) is 2. The summed E-state index contributed by atoms with van der Waals surface area (Å²) in [6.07, 6.45) is 6.40. The van der Waals surface area contributed by atoms with Crippen LogP contribution in [0.15, 0.2) is 34.9 Å². The van der Waals surface area contributed by atoms with Gasteiger partial charge in [0.15, 0.2) is 5.58 Å². The van der Waals surface area contributed by atoms with E-state index in [1.165, 1.54) is 6.92 Å². The molecule has 1 aliphatic carbocycles. The van der Waals surface area contributed by atoms with Gasteiger partial charge in [0.25, 0.3) is 5.91 Å². The molecular weight excluding hydrogens is 434 g/mol. The van der Waals surface area contributed by atoms with Crippen molar-refractivity contribution in [3.8, 4) is 0 Å². The van der Waals surface area contributed by atoms with Crippen molar-refractivity contribution >= 4 is 46.1 Å². The van der Waals surface area contributed by atoms with E-state index in [0.29, 0.717) is 28.7 Å². The van der Waals surface area contributed by atoms with E-state index in [0.717, 1.165) is 37.7 Å². The number of rotatable bonds is 6. The first-order chi connectivity index (χ1) is 16.3. The fourth-order valence-corrected chi connectivity index (χ4v) is 4.28. The normalized spacial score (nSPS) is 17.9. The standard InChI is InChI=1S/C25H29N5O4/c1-4-16-6-8-17(9-7-16)24(32)30-22-21-18(10-12-20(28-21)27-15(3)31)34-23(22)25(33)29-19-11-5-14(2)13-26-19/h5,10-13,16-17H,4,6-9H2,1-3H3,(H,30,32)(H,26,29,33)(H,27,28,31). The summed E-state index contributed by atoms with van der Waals surface area (Å²) in [5, 5.41) is 8.23. The van der Waals surface area contributed by atoms with E-state index in [1.54, 1.807) is 24.4 Å². The average Bonchev–Trinajstić information content (AvgIpc) is 3.18. The van der Waals surface area contributed by atoms with Crippen molar-refractivity contribution in [2.45, 2.75) is 52.9 Å². The molecule has 1 aliphatic rings. The molecule has 34 heavy (non-hydrogen) atoms. The summed E-state index contributed by atoms with van der Waals surface area (Å²) in [4.78, 5) is 46.4. The molecule has 3 heterocycles. The van der Waals surface area contributed by atoms with Crippen LogP contribution < -0.4 is 16.0 Å². The Balaban J connectivity index is 1.65. The van der Waals surface area contributed by atoms with Crippen LogP contribution in [0.4, 0.5) is 17.3 Å². The first kappa shape index (κ1) is 23.4. The molecule has 0 aromatic carbocycles. The van der Waals surface area contributed by atoms with Gasteiger partial charge in [-0.05, 0) is 62.3 Å². The average molecular weight is 464 g/mol. The fraction of sp³-hybridized carbons (Fsp3) is 0.400. The molecule has 9 heteroatoms. The summed E-state index contributed by atoms with van der Waals surface area (Å²) in [6, 6.07) is 6.70. The number of nitrogens with one attached hydrogen (secondary N) is 3. The van der Waals surface area contributed by atoms with Gasteiger partial charge in [0.2, 0.25) is 17.6 Å². The number of anilines is 3. The van der Waals surface area contributed by atoms with Crippen LogP contribution in [-0.4, -0.2) is 27.7 Å². The monoisotopic (exact) mass is 463 g/mol. The quantitative estimate of drug-likeness (QED) is 0.477. The van der Waals surface area contributed by atoms with Gasteiger partial charge < -0.3 is 20.4 Å². The van der Waals surface area contributed by atoms with Gasteiger partial charge in [-0.25, -0.2) is 9.97 Å². The van der Waals surface area contributed by atoms with Gasteiger partial charge in [-0.3, -0.25) is 14.4 Å². The zero-order chi connectivity index (χ0) is 24.2. The van der Waals surface area contributed by atoms with Crippen molar-refractivity contribution in [1.82, 2.24) is 9.97 Å². The SMILES string of the molecule is CCC1CCC(C(=O)Nc2c(C(=O)Nc3ccc(C)cn3)oc3ccc(NC(C)=O)nc23)CC1. The number of hydrogen-bond donors (Lipinski definition) is 3. The Hall–Kier alpha value is -3.75. The third kappa shape index (κ3) is 5.24. The highest BCUT2D eigenvalue weighted by Crippen LogP contribution is 2.35. The Labute approximate surface area is 197 Å². The lowest BCUT2D eigenvalue weighted by Gasteiger charge is -2.26. The van der Waals surface area contributed by atoms with Gasteiger partial charge in [-0.15, -0.1) is 0 Å². The summed E-state index contributed by atoms with van der Waals surface area (Å²) in [7, 11) is 0. The van der Waals surface area contributed by atoms with Crippen LogP contribution in [0.1, 0.15) is 62.1 Å². The van der Waals surface area contributed by atoms with Gasteiger partial charge in [-0.2, -0.15) is 0 Å². The third-order valence-electron chi connectivity index (χ3n) is 6.24. The number of fused-ring (bicyclic) bond motifs is 1. The van der Waals surface area contributed by atoms with Gasteiger partial charge in [0, 0.05) is 19.0 Å². The Morgan fingerprint density at radius 3 is 2.38 bits per heavy atom. The Morgan fingerprint density at radius 1 is 1.00 bits per heavy atom. The summed E-state index contributed by atoms with van der Waals surface area (Å²) < 4.78 is 5.81. The number of aromatic nitrogens is 2. The fourth-order valence-electron chi connectivity index (χ4n) is 4.28. The Kier molecular flexibility index (Phi) is 6.90. The van der Waals surface area contributed by atoms with Gasteiger partial charge in [0.05, 0.1) is 0 Å². The molecule has 178 valence electrons. The summed E-state index contributed by atoms with van der Waals surface area (Å²) in [5.74, 6) is 0.111. The van der Waals surface area contributed by atoms with Crippen LogP contribution in [0, 0.1) is 18.8 Å². The minimum Gasteiger partial charge on any atom is -0.447 e. The molecular formula is C25H29N5O4. The second-order valence-electron chi connectivity index (χ2n) is 8.82. The van der Waals surface area contributed by atoms with Gasteiger partial charge in [0.1, 0.15) is 22.8 Å². The molecule has 3 aromatic heterocycles. The van der Waals surface area contributed by atoms with E-state index >= 15 is 0 Å². The zero-order valence-electron chi connectivity index (χ0n) is 19.6. The molecule has 3 N–H and O–H groups in total. The zero-order valence-corrected chi connectivity index (χ0v) is 19.6. The molecule has 0 atom stereocenters. The maximum absolute atomic E-state index is 13.1. The lowest BCUT2D eigenvalue weighted by molar-refractivity contribution is -0.121. The summed E-state index contributed by atoms with van der Waals surface area (Å²) >= 11 is 0. The maximum Gasteiger partial charge on any atom is 0.294 e. The maximum atomic E-state index is 13.1. The number of furan rings is 1. The van der Waals surface area contributed by atoms with Crippen molar-refractivity contribution in [2.75, 3.05) is 16.0 Å². The topological polar surface area (TPSA) is 126 Å². The number of aryl methyl sites for hydroxylation is 1. The third-order valence-corrected chi connectivity index (χ3v) is 6.24. The second-order valence-corrected chi connectivity index (χ2v) is 8.82. The molecule has 3 amide bonds. The molecule has 0 radical (unpaired) electrons. The molecule has 0 saturated heterocycles. The van der Waals surface area contributed by atoms with E-state index in [-0.39, 0.29) is 29.2 Å². The Morgan fingerprint density at radius 2 is 1.74 bits per heavy atom. The second kappa shape index (κ2) is 10.0. The van der Waals surface area contributed by atoms with E-state index in [2.05, 4.69) is 32.8 Å². The van der Waals surface area contributed by atoms with Crippen LogP contribution >= 0.6 is 0 Å². The van der Waals surface area contributed by atoms with Crippen molar-refractivity contribution in [2.24, 2.45) is 11.8 Å². The highest BCUT2D eigenvalue weighted by molar-refractivity contribution is 6.14. The first-order valence-corrected chi connectivity index (χ1v) is 11.6. The number of amides is 3. The number of carbonyl (C=O) groups excluding carboxylic acids is 3. The van der Waals surface area contributed by atoms with Crippen LogP contribution in [0.25, 0.3) is 11.1 Å². The van der Waals surface area contributed by atoms with Crippen molar-refractivity contribution < 1.29 is 18.8 Å². The van der Waals surface area contributed by atoms with Crippen molar-refractivity contribution in [1.29, 1.82) is 0 Å². The van der Waals surface area contributed by atoms with E-state index < -0.39 is 5.91 Å². The minimum atomic E-state index is -0.555. The lowest BCUT2D eigenvalue weighted by atomic mass is 9.80. The molecule has 0 unspecified atom stereocenters. The van der Waals surface area contributed by atoms with Gasteiger partial charge >= 0.3 is 0 Å². The van der Waals surface area contributed by atoms with E-state index in [1.807, 2.05) is 13.0 Å². The molecule has 0 bridgehead atoms. The molecule has 1 saturated carbocycles. The smallest absolute Gasteiger partial charge is 0.294 e. The molecule has 0 aliphatic heterocycles.